The first-order valence-electron chi connectivity index (χ1n) is 6.44. The summed E-state index contributed by atoms with van der Waals surface area (Å²) in [6, 6.07) is 10.9. The van der Waals surface area contributed by atoms with Crippen LogP contribution in [0, 0.1) is 5.41 Å². The van der Waals surface area contributed by atoms with Crippen molar-refractivity contribution in [3.8, 4) is 0 Å². The average Bonchev–Trinajstić information content (AvgIpc) is 2.28. The molecule has 17 heavy (non-hydrogen) atoms. The second-order valence-electron chi connectivity index (χ2n) is 5.44. The van der Waals surface area contributed by atoms with Crippen molar-refractivity contribution in [1.82, 2.24) is 0 Å². The molecule has 0 saturated heterocycles. The second-order valence-corrected chi connectivity index (χ2v) is 8.69. The van der Waals surface area contributed by atoms with Gasteiger partial charge in [-0.3, -0.25) is 0 Å². The summed E-state index contributed by atoms with van der Waals surface area (Å²) in [6.45, 7) is 9.16. The van der Waals surface area contributed by atoms with Crippen LogP contribution < -0.4 is 0 Å². The summed E-state index contributed by atoms with van der Waals surface area (Å²) < 4.78 is 3.06. The molecule has 0 unspecified atom stereocenters. The van der Waals surface area contributed by atoms with Gasteiger partial charge in [-0.05, 0) is 0 Å². The first kappa shape index (κ1) is 14.8. The van der Waals surface area contributed by atoms with Crippen molar-refractivity contribution in [3.63, 3.8) is 0 Å². The molecule has 0 aromatic heterocycles. The molecule has 0 spiro atoms. The predicted molar refractivity (Wildman–Crippen MR) is 79.3 cm³/mol. The Morgan fingerprint density at radius 2 is 1.82 bits per heavy atom. The van der Waals surface area contributed by atoms with Gasteiger partial charge in [-0.25, -0.2) is 0 Å². The Labute approximate surface area is 117 Å². The van der Waals surface area contributed by atoms with E-state index in [1.807, 2.05) is 0 Å². The normalized spacial score (nSPS) is 12.8. The van der Waals surface area contributed by atoms with E-state index in [0.29, 0.717) is 5.41 Å². The van der Waals surface area contributed by atoms with Gasteiger partial charge in [0.05, 0.1) is 0 Å². The fraction of sp³-hybridized carbons (Fsp3) is 0.500. The van der Waals surface area contributed by atoms with Crippen LogP contribution in [0.5, 0.6) is 0 Å². The number of allylic oxidation sites excluding steroid dienone is 1. The summed E-state index contributed by atoms with van der Waals surface area (Å²) in [5, 5.41) is 0. The molecule has 0 N–H and O–H groups in total. The Kier molecular flexibility index (Phi) is 6.31. The molecule has 0 atom stereocenters. The van der Waals surface area contributed by atoms with Crippen molar-refractivity contribution in [2.45, 2.75) is 45.0 Å². The van der Waals surface area contributed by atoms with E-state index in [1.54, 1.807) is 3.62 Å². The molecule has 0 amide bonds. The van der Waals surface area contributed by atoms with Crippen LogP contribution in [0.15, 0.2) is 36.4 Å². The number of rotatable bonds is 5. The Morgan fingerprint density at radius 3 is 2.35 bits per heavy atom. The Balaban J connectivity index is 2.84. The summed E-state index contributed by atoms with van der Waals surface area (Å²) in [6.07, 6.45) is 5.19. The van der Waals surface area contributed by atoms with Crippen LogP contribution in [-0.2, 0) is 0 Å². The van der Waals surface area contributed by atoms with Gasteiger partial charge in [-0.1, -0.05) is 0 Å². The fourth-order valence-corrected chi connectivity index (χ4v) is 5.51. The first-order valence-corrected chi connectivity index (χ1v) is 9.25. The van der Waals surface area contributed by atoms with Gasteiger partial charge in [0.15, 0.2) is 0 Å². The molecule has 0 aliphatic carbocycles. The summed E-state index contributed by atoms with van der Waals surface area (Å²) in [4.78, 5) is 0. The van der Waals surface area contributed by atoms with Gasteiger partial charge in [0.25, 0.3) is 0 Å². The first-order chi connectivity index (χ1) is 8.03. The van der Waals surface area contributed by atoms with E-state index in [0.717, 1.165) is 0 Å². The molecule has 0 fully saturated rings. The third kappa shape index (κ3) is 6.29. The molecule has 0 aliphatic rings. The molecule has 1 aromatic carbocycles. The Hall–Kier alpha value is -0.250. The SMILES string of the molecule is CCCC[Te]/C(=C/C(C)(C)C)c1ccccc1. The molecule has 0 radical (unpaired) electrons. The van der Waals surface area contributed by atoms with Crippen LogP contribution in [0.2, 0.25) is 4.47 Å². The number of benzene rings is 1. The van der Waals surface area contributed by atoms with E-state index in [4.69, 9.17) is 0 Å². The molecule has 0 heterocycles. The summed E-state index contributed by atoms with van der Waals surface area (Å²) in [5.41, 5.74) is 1.74. The fourth-order valence-electron chi connectivity index (χ4n) is 1.53. The molecule has 1 rings (SSSR count). The summed E-state index contributed by atoms with van der Waals surface area (Å²) >= 11 is -0.0191. The molecule has 1 aromatic rings. The monoisotopic (exact) mass is 346 g/mol. The minimum absolute atomic E-state index is 0.0191. The van der Waals surface area contributed by atoms with E-state index in [-0.39, 0.29) is 20.9 Å². The van der Waals surface area contributed by atoms with Gasteiger partial charge < -0.3 is 0 Å². The third-order valence-electron chi connectivity index (χ3n) is 2.38. The molecule has 0 aliphatic heterocycles. The van der Waals surface area contributed by atoms with Crippen LogP contribution >= 0.6 is 0 Å². The predicted octanol–water partition coefficient (Wildman–Crippen LogP) is 5.00. The zero-order valence-electron chi connectivity index (χ0n) is 11.5. The van der Waals surface area contributed by atoms with Crippen LogP contribution in [0.3, 0.4) is 0 Å². The average molecular weight is 344 g/mol. The second kappa shape index (κ2) is 7.24. The molecule has 94 valence electrons. The van der Waals surface area contributed by atoms with Gasteiger partial charge in [0, 0.05) is 0 Å². The standard InChI is InChI=1S/C16H24Te/c1-5-6-12-17-15(13-16(2,3)4)14-10-8-7-9-11-14/h7-11,13H,5-6,12H2,1-4H3/b15-13+. The number of hydrogen-bond donors (Lipinski definition) is 0. The Morgan fingerprint density at radius 1 is 1.18 bits per heavy atom. The quantitative estimate of drug-likeness (QED) is 0.521. The van der Waals surface area contributed by atoms with Crippen LogP contribution in [0.25, 0.3) is 3.62 Å². The summed E-state index contributed by atoms with van der Waals surface area (Å²) in [5.74, 6) is 0. The third-order valence-corrected chi connectivity index (χ3v) is 5.68. The van der Waals surface area contributed by atoms with Crippen molar-refractivity contribution in [3.05, 3.63) is 42.0 Å². The van der Waals surface area contributed by atoms with Crippen molar-refractivity contribution in [1.29, 1.82) is 0 Å². The molecular weight excluding hydrogens is 320 g/mol. The summed E-state index contributed by atoms with van der Waals surface area (Å²) in [7, 11) is 0. The van der Waals surface area contributed by atoms with Crippen LogP contribution in [0.1, 0.15) is 46.1 Å². The van der Waals surface area contributed by atoms with E-state index >= 15 is 0 Å². The zero-order valence-corrected chi connectivity index (χ0v) is 13.8. The minimum atomic E-state index is -0.0191. The van der Waals surface area contributed by atoms with Gasteiger partial charge in [0.2, 0.25) is 0 Å². The van der Waals surface area contributed by atoms with Gasteiger partial charge in [0.1, 0.15) is 0 Å². The van der Waals surface area contributed by atoms with Crippen LogP contribution in [0.4, 0.5) is 0 Å². The van der Waals surface area contributed by atoms with Gasteiger partial charge in [-0.15, -0.1) is 0 Å². The van der Waals surface area contributed by atoms with Crippen molar-refractivity contribution >= 4 is 24.5 Å². The van der Waals surface area contributed by atoms with E-state index < -0.39 is 0 Å². The molecule has 0 bridgehead atoms. The maximum atomic E-state index is 2.49. The van der Waals surface area contributed by atoms with Crippen molar-refractivity contribution < 1.29 is 0 Å². The molecule has 0 saturated carbocycles. The van der Waals surface area contributed by atoms with Gasteiger partial charge >= 0.3 is 117 Å². The van der Waals surface area contributed by atoms with Crippen molar-refractivity contribution in [2.24, 2.45) is 5.41 Å². The molecular formula is C16H24Te. The van der Waals surface area contributed by atoms with Gasteiger partial charge in [-0.2, -0.15) is 0 Å². The zero-order chi connectivity index (χ0) is 12.7. The number of unbranched alkanes of at least 4 members (excludes halogenated alkanes) is 1. The van der Waals surface area contributed by atoms with Crippen LogP contribution in [-0.4, -0.2) is 20.9 Å². The van der Waals surface area contributed by atoms with E-state index in [2.05, 4.69) is 64.1 Å². The molecule has 0 nitrogen and oxygen atoms in total. The van der Waals surface area contributed by atoms with E-state index in [1.165, 1.54) is 22.9 Å². The molecule has 1 heteroatoms. The Bertz CT molecular complexity index is 344. The maximum absolute atomic E-state index is 2.49. The van der Waals surface area contributed by atoms with E-state index in [9.17, 15) is 0 Å². The number of hydrogen-bond acceptors (Lipinski definition) is 0. The topological polar surface area (TPSA) is 0 Å². The van der Waals surface area contributed by atoms with Crippen molar-refractivity contribution in [2.75, 3.05) is 0 Å².